The molecule has 0 radical (unpaired) electrons. The van der Waals surface area contributed by atoms with Crippen LogP contribution in [-0.2, 0) is 17.8 Å². The van der Waals surface area contributed by atoms with E-state index in [0.717, 1.165) is 51.1 Å². The van der Waals surface area contributed by atoms with E-state index in [4.69, 9.17) is 4.74 Å². The fourth-order valence-electron chi connectivity index (χ4n) is 2.92. The molecule has 0 aliphatic heterocycles. The molecule has 0 aliphatic rings. The normalized spacial score (nSPS) is 11.0. The van der Waals surface area contributed by atoms with Crippen LogP contribution in [0.5, 0.6) is 0 Å². The van der Waals surface area contributed by atoms with E-state index in [9.17, 15) is 10.1 Å². The van der Waals surface area contributed by atoms with Crippen molar-refractivity contribution < 1.29 is 9.66 Å². The first-order chi connectivity index (χ1) is 12.7. The number of non-ortho nitro benzene ring substituents is 1. The van der Waals surface area contributed by atoms with Gasteiger partial charge in [0.15, 0.2) is 0 Å². The zero-order valence-corrected chi connectivity index (χ0v) is 15.5. The summed E-state index contributed by atoms with van der Waals surface area (Å²) in [5, 5.41) is 10.9. The number of nitro groups is 1. The van der Waals surface area contributed by atoms with Gasteiger partial charge in [-0.05, 0) is 36.9 Å². The number of rotatable bonds is 12. The fraction of sp³-hybridized carbons (Fsp3) is 0.429. The van der Waals surface area contributed by atoms with E-state index in [-0.39, 0.29) is 10.6 Å². The Bertz CT molecular complexity index is 661. The summed E-state index contributed by atoms with van der Waals surface area (Å²) in [4.78, 5) is 13.0. The third kappa shape index (κ3) is 7.33. The van der Waals surface area contributed by atoms with E-state index in [1.807, 2.05) is 24.3 Å². The Kier molecular flexibility index (Phi) is 8.79. The van der Waals surface area contributed by atoms with Crippen LogP contribution < -0.4 is 0 Å². The van der Waals surface area contributed by atoms with Crippen molar-refractivity contribution in [3.63, 3.8) is 0 Å². The zero-order chi connectivity index (χ0) is 18.6. The van der Waals surface area contributed by atoms with Crippen molar-refractivity contribution in [3.8, 4) is 0 Å². The molecule has 0 saturated carbocycles. The number of hydrogen-bond acceptors (Lipinski definition) is 4. The largest absolute Gasteiger partial charge is 0.377 e. The maximum Gasteiger partial charge on any atom is 0.269 e. The first-order valence-electron chi connectivity index (χ1n) is 9.26. The molecule has 5 heteroatoms. The summed E-state index contributed by atoms with van der Waals surface area (Å²) in [7, 11) is 0. The number of ether oxygens (including phenoxy) is 1. The van der Waals surface area contributed by atoms with Crippen molar-refractivity contribution in [1.29, 1.82) is 0 Å². The monoisotopic (exact) mass is 356 g/mol. The molecule has 0 unspecified atom stereocenters. The molecule has 2 aromatic rings. The molecule has 0 fully saturated rings. The van der Waals surface area contributed by atoms with Crippen LogP contribution in [0.4, 0.5) is 5.69 Å². The highest BCUT2D eigenvalue weighted by atomic mass is 16.6. The van der Waals surface area contributed by atoms with Crippen molar-refractivity contribution in [2.24, 2.45) is 0 Å². The number of hydrogen-bond donors (Lipinski definition) is 0. The van der Waals surface area contributed by atoms with Crippen LogP contribution in [0, 0.1) is 10.1 Å². The molecule has 26 heavy (non-hydrogen) atoms. The third-order valence-corrected chi connectivity index (χ3v) is 4.25. The molecule has 0 N–H and O–H groups in total. The fourth-order valence-corrected chi connectivity index (χ4v) is 2.92. The van der Waals surface area contributed by atoms with Crippen LogP contribution in [0.15, 0.2) is 54.6 Å². The highest BCUT2D eigenvalue weighted by molar-refractivity contribution is 5.34. The highest BCUT2D eigenvalue weighted by Gasteiger charge is 2.08. The van der Waals surface area contributed by atoms with Crippen LogP contribution in [-0.4, -0.2) is 36.1 Å². The molecular formula is C21H28N2O3. The first-order valence-corrected chi connectivity index (χ1v) is 9.26. The summed E-state index contributed by atoms with van der Waals surface area (Å²) in [6.45, 7) is 6.50. The SMILES string of the molecule is CCCN(CCCOCc1ccccc1)CCc1cccc([N+](=O)[O-])c1. The molecule has 5 nitrogen and oxygen atoms in total. The van der Waals surface area contributed by atoms with Gasteiger partial charge in [-0.25, -0.2) is 0 Å². The average Bonchev–Trinajstić information content (AvgIpc) is 2.66. The Morgan fingerprint density at radius 3 is 2.50 bits per heavy atom. The van der Waals surface area contributed by atoms with Gasteiger partial charge in [0.1, 0.15) is 0 Å². The van der Waals surface area contributed by atoms with Crippen molar-refractivity contribution in [1.82, 2.24) is 4.90 Å². The Hall–Kier alpha value is -2.24. The average molecular weight is 356 g/mol. The van der Waals surface area contributed by atoms with E-state index in [1.165, 1.54) is 11.6 Å². The second kappa shape index (κ2) is 11.4. The smallest absolute Gasteiger partial charge is 0.269 e. The van der Waals surface area contributed by atoms with Gasteiger partial charge in [0.2, 0.25) is 0 Å². The predicted molar refractivity (Wildman–Crippen MR) is 104 cm³/mol. The first kappa shape index (κ1) is 20.1. The maximum absolute atomic E-state index is 10.9. The molecule has 0 atom stereocenters. The molecule has 0 aliphatic carbocycles. The summed E-state index contributed by atoms with van der Waals surface area (Å²) in [6, 6.07) is 17.1. The quantitative estimate of drug-likeness (QED) is 0.320. The zero-order valence-electron chi connectivity index (χ0n) is 15.5. The van der Waals surface area contributed by atoms with Gasteiger partial charge in [-0.2, -0.15) is 0 Å². The molecule has 0 amide bonds. The molecule has 0 aromatic heterocycles. The minimum Gasteiger partial charge on any atom is -0.377 e. The lowest BCUT2D eigenvalue weighted by atomic mass is 10.1. The lowest BCUT2D eigenvalue weighted by Gasteiger charge is -2.21. The van der Waals surface area contributed by atoms with E-state index in [0.29, 0.717) is 6.61 Å². The van der Waals surface area contributed by atoms with Crippen molar-refractivity contribution in [2.75, 3.05) is 26.2 Å². The summed E-state index contributed by atoms with van der Waals surface area (Å²) < 4.78 is 5.75. The lowest BCUT2D eigenvalue weighted by molar-refractivity contribution is -0.384. The van der Waals surface area contributed by atoms with Gasteiger partial charge >= 0.3 is 0 Å². The van der Waals surface area contributed by atoms with E-state index in [2.05, 4.69) is 24.0 Å². The van der Waals surface area contributed by atoms with Crippen LogP contribution in [0.1, 0.15) is 30.9 Å². The Labute approximate surface area is 155 Å². The predicted octanol–water partition coefficient (Wildman–Crippen LogP) is 4.46. The Balaban J connectivity index is 1.70. The molecule has 2 aromatic carbocycles. The van der Waals surface area contributed by atoms with Crippen LogP contribution in [0.25, 0.3) is 0 Å². The minimum absolute atomic E-state index is 0.166. The standard InChI is InChI=1S/C21H28N2O3/c1-2-13-22(14-7-16-26-18-20-8-4-3-5-9-20)15-12-19-10-6-11-21(17-19)23(24)25/h3-6,8-11,17H,2,7,12-16,18H2,1H3. The van der Waals surface area contributed by atoms with E-state index in [1.54, 1.807) is 12.1 Å². The summed E-state index contributed by atoms with van der Waals surface area (Å²) in [5.74, 6) is 0. The number of nitro benzene ring substituents is 1. The molecule has 140 valence electrons. The van der Waals surface area contributed by atoms with Crippen molar-refractivity contribution >= 4 is 5.69 Å². The van der Waals surface area contributed by atoms with Gasteiger partial charge in [-0.15, -0.1) is 0 Å². The summed E-state index contributed by atoms with van der Waals surface area (Å²) in [6.07, 6.45) is 2.91. The van der Waals surface area contributed by atoms with Gasteiger partial charge in [0.05, 0.1) is 11.5 Å². The van der Waals surface area contributed by atoms with Gasteiger partial charge in [-0.3, -0.25) is 10.1 Å². The summed E-state index contributed by atoms with van der Waals surface area (Å²) in [5.41, 5.74) is 2.38. The van der Waals surface area contributed by atoms with Crippen molar-refractivity contribution in [3.05, 3.63) is 75.8 Å². The van der Waals surface area contributed by atoms with Crippen molar-refractivity contribution in [2.45, 2.75) is 32.8 Å². The van der Waals surface area contributed by atoms with E-state index >= 15 is 0 Å². The Morgan fingerprint density at radius 2 is 1.77 bits per heavy atom. The minimum atomic E-state index is -0.336. The van der Waals surface area contributed by atoms with Crippen LogP contribution in [0.3, 0.4) is 0 Å². The van der Waals surface area contributed by atoms with Gasteiger partial charge in [0, 0.05) is 31.8 Å². The van der Waals surface area contributed by atoms with Gasteiger partial charge in [-0.1, -0.05) is 49.4 Å². The molecule has 0 spiro atoms. The molecule has 0 heterocycles. The number of benzene rings is 2. The lowest BCUT2D eigenvalue weighted by Crippen LogP contribution is -2.28. The van der Waals surface area contributed by atoms with Crippen LogP contribution >= 0.6 is 0 Å². The second-order valence-corrected chi connectivity index (χ2v) is 6.41. The van der Waals surface area contributed by atoms with Gasteiger partial charge in [0.25, 0.3) is 5.69 Å². The topological polar surface area (TPSA) is 55.6 Å². The van der Waals surface area contributed by atoms with E-state index < -0.39 is 0 Å². The molecule has 0 saturated heterocycles. The molecule has 2 rings (SSSR count). The summed E-state index contributed by atoms with van der Waals surface area (Å²) >= 11 is 0. The maximum atomic E-state index is 10.9. The van der Waals surface area contributed by atoms with Gasteiger partial charge < -0.3 is 9.64 Å². The third-order valence-electron chi connectivity index (χ3n) is 4.25. The molecular weight excluding hydrogens is 328 g/mol. The Morgan fingerprint density at radius 1 is 1.00 bits per heavy atom. The molecule has 0 bridgehead atoms. The highest BCUT2D eigenvalue weighted by Crippen LogP contribution is 2.14. The number of nitrogens with zero attached hydrogens (tertiary/aromatic N) is 2. The van der Waals surface area contributed by atoms with Crippen LogP contribution in [0.2, 0.25) is 0 Å². The second-order valence-electron chi connectivity index (χ2n) is 6.41.